The summed E-state index contributed by atoms with van der Waals surface area (Å²) in [5, 5.41) is 26.4. The van der Waals surface area contributed by atoms with Crippen LogP contribution in [0, 0.1) is 0 Å². The molecular weight excluding hydrogens is 584 g/mol. The van der Waals surface area contributed by atoms with Gasteiger partial charge in [-0.15, -0.1) is 0 Å². The minimum absolute atomic E-state index is 0.142. The van der Waals surface area contributed by atoms with Gasteiger partial charge in [-0.2, -0.15) is 0 Å². The molecule has 11 heteroatoms. The van der Waals surface area contributed by atoms with Crippen molar-refractivity contribution in [2.45, 2.75) is 136 Å². The molecule has 2 heterocycles. The van der Waals surface area contributed by atoms with Crippen LogP contribution in [-0.2, 0) is 38.1 Å². The Kier molecular flexibility index (Phi) is 26.4. The molecule has 262 valence electrons. The number of carbonyl (C=O) groups excluding carboxylic acids is 3. The molecule has 2 fully saturated rings. The summed E-state index contributed by atoms with van der Waals surface area (Å²) in [6, 6.07) is 0. The number of hydrogen-bond acceptors (Lipinski definition) is 11. The first-order valence-electron chi connectivity index (χ1n) is 15.9. The number of epoxide rings is 2. The topological polar surface area (TPSA) is 165 Å². The number of carbonyl (C=O) groups is 3. The predicted molar refractivity (Wildman–Crippen MR) is 173 cm³/mol. The van der Waals surface area contributed by atoms with Crippen LogP contribution >= 0.6 is 0 Å². The molecule has 6 unspecified atom stereocenters. The van der Waals surface area contributed by atoms with Crippen LogP contribution in [0.15, 0.2) is 36.5 Å². The van der Waals surface area contributed by atoms with Crippen molar-refractivity contribution in [3.63, 3.8) is 0 Å². The molecule has 11 nitrogen and oxygen atoms in total. The van der Waals surface area contributed by atoms with E-state index in [9.17, 15) is 19.5 Å². The Labute approximate surface area is 270 Å². The van der Waals surface area contributed by atoms with Crippen molar-refractivity contribution >= 4 is 17.9 Å². The van der Waals surface area contributed by atoms with E-state index in [0.29, 0.717) is 49.2 Å². The zero-order chi connectivity index (χ0) is 34.9. The van der Waals surface area contributed by atoms with Gasteiger partial charge in [0.2, 0.25) is 0 Å². The molecule has 2 aliphatic rings. The highest BCUT2D eigenvalue weighted by atomic mass is 16.6. The fraction of sp³-hybridized carbons (Fsp3) is 0.735. The highest BCUT2D eigenvalue weighted by molar-refractivity contribution is 5.87. The van der Waals surface area contributed by atoms with Crippen molar-refractivity contribution in [2.24, 2.45) is 0 Å². The van der Waals surface area contributed by atoms with Crippen LogP contribution in [0.25, 0.3) is 0 Å². The van der Waals surface area contributed by atoms with Crippen molar-refractivity contribution in [3.05, 3.63) is 36.5 Å². The average Bonchev–Trinajstić information content (AvgIpc) is 3.91. The third-order valence-electron chi connectivity index (χ3n) is 6.23. The number of esters is 3. The Morgan fingerprint density at radius 1 is 0.711 bits per heavy atom. The van der Waals surface area contributed by atoms with Gasteiger partial charge in [-0.05, 0) is 52.9 Å². The Morgan fingerprint density at radius 2 is 1.18 bits per heavy atom. The summed E-state index contributed by atoms with van der Waals surface area (Å²) < 4.78 is 24.9. The van der Waals surface area contributed by atoms with Gasteiger partial charge in [0.25, 0.3) is 0 Å². The van der Waals surface area contributed by atoms with Crippen LogP contribution in [0.2, 0.25) is 0 Å². The number of ether oxygens (including phenoxy) is 5. The molecule has 0 aromatic rings. The van der Waals surface area contributed by atoms with E-state index in [-0.39, 0.29) is 49.2 Å². The molecule has 0 aromatic carbocycles. The lowest BCUT2D eigenvalue weighted by Crippen LogP contribution is -2.27. The highest BCUT2D eigenvalue weighted by Gasteiger charge is 2.24. The first kappa shape index (κ1) is 44.6. The van der Waals surface area contributed by atoms with Crippen LogP contribution < -0.4 is 0 Å². The standard InChI is InChI=1S/C16H26O4.C8H18O2.C7H10O3.C3H6O2/c1-7-9-14(20-16(18)12(5)6)10-13(8-2)19-15(17)11(3)4;1-3-5-8(10)6-7(9)4-2;1-5(2)7(8)10-4-6-3-9-6;4-1-3-2-5-3/h13-14H,3,5,7-10H2,1-2,4,6H3;7-10H,3-6H2,1-2H3;6H,1,3-4H2,2H3;3-4H,1-2H2. The van der Waals surface area contributed by atoms with Crippen molar-refractivity contribution in [3.8, 4) is 0 Å². The molecule has 0 radical (unpaired) electrons. The maximum atomic E-state index is 11.6. The monoisotopic (exact) mass is 644 g/mol. The Hall–Kier alpha value is -2.57. The van der Waals surface area contributed by atoms with Gasteiger partial charge >= 0.3 is 17.9 Å². The van der Waals surface area contributed by atoms with Crippen molar-refractivity contribution in [2.75, 3.05) is 26.4 Å². The Morgan fingerprint density at radius 3 is 1.51 bits per heavy atom. The van der Waals surface area contributed by atoms with Gasteiger partial charge in [-0.3, -0.25) is 0 Å². The fourth-order valence-corrected chi connectivity index (χ4v) is 3.20. The van der Waals surface area contributed by atoms with Gasteiger partial charge in [-0.1, -0.05) is 60.3 Å². The van der Waals surface area contributed by atoms with E-state index in [1.807, 2.05) is 27.7 Å². The summed E-state index contributed by atoms with van der Waals surface area (Å²) >= 11 is 0. The van der Waals surface area contributed by atoms with Gasteiger partial charge in [-0.25, -0.2) is 14.4 Å². The number of rotatable bonds is 18. The first-order valence-corrected chi connectivity index (χ1v) is 15.9. The van der Waals surface area contributed by atoms with E-state index in [1.165, 1.54) is 0 Å². The molecule has 2 aliphatic heterocycles. The molecule has 2 saturated heterocycles. The minimum Gasteiger partial charge on any atom is -0.459 e. The largest absolute Gasteiger partial charge is 0.459 e. The SMILES string of the molecule is C=C(C)C(=O)OC(CC)CC(CCC)OC(=O)C(=C)C.C=C(C)C(=O)OCC1CO1.CCCC(O)CC(O)CC.OCC1CO1. The maximum absolute atomic E-state index is 11.6. The lowest BCUT2D eigenvalue weighted by Gasteiger charge is -2.23. The van der Waals surface area contributed by atoms with Gasteiger partial charge in [0.15, 0.2) is 0 Å². The fourth-order valence-electron chi connectivity index (χ4n) is 3.20. The third kappa shape index (κ3) is 27.5. The molecule has 6 atom stereocenters. The van der Waals surface area contributed by atoms with Crippen LogP contribution in [-0.4, -0.2) is 96.3 Å². The van der Waals surface area contributed by atoms with E-state index in [4.69, 9.17) is 29.2 Å². The molecule has 2 rings (SSSR count). The third-order valence-corrected chi connectivity index (χ3v) is 6.23. The molecule has 0 saturated carbocycles. The van der Waals surface area contributed by atoms with E-state index in [0.717, 1.165) is 38.7 Å². The van der Waals surface area contributed by atoms with Crippen LogP contribution in [0.4, 0.5) is 0 Å². The lowest BCUT2D eigenvalue weighted by atomic mass is 10.1. The summed E-state index contributed by atoms with van der Waals surface area (Å²) in [5.41, 5.74) is 1.17. The van der Waals surface area contributed by atoms with Crippen molar-refractivity contribution in [1.82, 2.24) is 0 Å². The number of aliphatic hydroxyl groups is 3. The molecular formula is C34H60O11. The highest BCUT2D eigenvalue weighted by Crippen LogP contribution is 2.17. The summed E-state index contributed by atoms with van der Waals surface area (Å²) in [7, 11) is 0. The number of hydrogen-bond donors (Lipinski definition) is 3. The van der Waals surface area contributed by atoms with E-state index < -0.39 is 11.9 Å². The molecule has 0 aromatic heterocycles. The first-order chi connectivity index (χ1) is 21.1. The maximum Gasteiger partial charge on any atom is 0.333 e. The average molecular weight is 645 g/mol. The summed E-state index contributed by atoms with van der Waals surface area (Å²) in [6.45, 7) is 25.3. The van der Waals surface area contributed by atoms with E-state index >= 15 is 0 Å². The molecule has 45 heavy (non-hydrogen) atoms. The summed E-state index contributed by atoms with van der Waals surface area (Å²) in [6.07, 6.45) is 5.03. The van der Waals surface area contributed by atoms with Gasteiger partial charge in [0.1, 0.15) is 31.0 Å². The second-order valence-corrected chi connectivity index (χ2v) is 11.3. The smallest absolute Gasteiger partial charge is 0.333 e. The van der Waals surface area contributed by atoms with Gasteiger partial charge in [0, 0.05) is 23.1 Å². The van der Waals surface area contributed by atoms with E-state index in [2.05, 4.69) is 24.5 Å². The quantitative estimate of drug-likeness (QED) is 0.0816. The van der Waals surface area contributed by atoms with Crippen LogP contribution in [0.1, 0.15) is 99.8 Å². The second kappa shape index (κ2) is 26.6. The molecule has 0 amide bonds. The van der Waals surface area contributed by atoms with Gasteiger partial charge in [0.05, 0.1) is 32.0 Å². The molecule has 0 bridgehead atoms. The lowest BCUT2D eigenvalue weighted by molar-refractivity contribution is -0.151. The van der Waals surface area contributed by atoms with Crippen molar-refractivity contribution < 1.29 is 53.4 Å². The Balaban J connectivity index is 0. The van der Waals surface area contributed by atoms with Crippen LogP contribution in [0.5, 0.6) is 0 Å². The van der Waals surface area contributed by atoms with Crippen LogP contribution in [0.3, 0.4) is 0 Å². The molecule has 3 N–H and O–H groups in total. The predicted octanol–water partition coefficient (Wildman–Crippen LogP) is 4.75. The second-order valence-electron chi connectivity index (χ2n) is 11.3. The number of aliphatic hydroxyl groups excluding tert-OH is 3. The molecule has 0 aliphatic carbocycles. The van der Waals surface area contributed by atoms with Crippen molar-refractivity contribution in [1.29, 1.82) is 0 Å². The Bertz CT molecular complexity index is 877. The normalized spacial score (nSPS) is 18.3. The zero-order valence-corrected chi connectivity index (χ0v) is 28.7. The van der Waals surface area contributed by atoms with Gasteiger partial charge < -0.3 is 39.0 Å². The summed E-state index contributed by atoms with van der Waals surface area (Å²) in [5.74, 6) is -1.14. The zero-order valence-electron chi connectivity index (χ0n) is 28.7. The summed E-state index contributed by atoms with van der Waals surface area (Å²) in [4.78, 5) is 33.8. The molecule has 0 spiro atoms. The van der Waals surface area contributed by atoms with E-state index in [1.54, 1.807) is 20.8 Å². The minimum atomic E-state index is -0.404.